The summed E-state index contributed by atoms with van der Waals surface area (Å²) < 4.78 is 0. The maximum absolute atomic E-state index is 12.0. The average Bonchev–Trinajstić information content (AvgIpc) is 2.31. The molecule has 6 heteroatoms. The van der Waals surface area contributed by atoms with Crippen LogP contribution in [-0.4, -0.2) is 53.9 Å². The lowest BCUT2D eigenvalue weighted by atomic mass is 10.2. The third-order valence-corrected chi connectivity index (χ3v) is 3.07. The molecule has 5 nitrogen and oxygen atoms in total. The number of carbonyl (C=O) groups excluding carboxylic acids is 2. The number of thioether (sulfide) groups is 1. The number of nitrogens with two attached hydrogens (primary N) is 1. The molecule has 0 aliphatic rings. The van der Waals surface area contributed by atoms with Crippen molar-refractivity contribution in [1.29, 1.82) is 0 Å². The predicted octanol–water partition coefficient (Wildman–Crippen LogP) is 0.440. The Labute approximate surface area is 114 Å². The van der Waals surface area contributed by atoms with Crippen LogP contribution in [0.1, 0.15) is 27.2 Å². The number of rotatable bonds is 8. The predicted molar refractivity (Wildman–Crippen MR) is 76.5 cm³/mol. The van der Waals surface area contributed by atoms with Crippen LogP contribution in [0.15, 0.2) is 0 Å². The number of likely N-dealkylation sites (N-methyl/N-ethyl adjacent to an activating group) is 1. The summed E-state index contributed by atoms with van der Waals surface area (Å²) in [5.41, 5.74) is 5.82. The van der Waals surface area contributed by atoms with Gasteiger partial charge in [0.2, 0.25) is 11.8 Å². The van der Waals surface area contributed by atoms with Crippen LogP contribution in [0.2, 0.25) is 0 Å². The lowest BCUT2D eigenvalue weighted by molar-refractivity contribution is -0.137. The van der Waals surface area contributed by atoms with Crippen molar-refractivity contribution in [3.63, 3.8) is 0 Å². The fraction of sp³-hybridized carbons (Fsp3) is 0.833. The molecule has 0 aliphatic carbocycles. The summed E-state index contributed by atoms with van der Waals surface area (Å²) in [5, 5.41) is 2.77. The second kappa shape index (κ2) is 9.22. The van der Waals surface area contributed by atoms with E-state index in [4.69, 9.17) is 5.73 Å². The van der Waals surface area contributed by atoms with Crippen molar-refractivity contribution in [1.82, 2.24) is 10.2 Å². The quantitative estimate of drug-likeness (QED) is 0.674. The van der Waals surface area contributed by atoms with E-state index < -0.39 is 6.04 Å². The normalized spacial score (nSPS) is 12.3. The molecule has 0 heterocycles. The van der Waals surface area contributed by atoms with Gasteiger partial charge in [0.15, 0.2) is 0 Å². The van der Waals surface area contributed by atoms with Gasteiger partial charge in [-0.25, -0.2) is 0 Å². The molecule has 0 radical (unpaired) electrons. The Kier molecular flexibility index (Phi) is 8.83. The van der Waals surface area contributed by atoms with Gasteiger partial charge in [-0.2, -0.15) is 11.8 Å². The zero-order chi connectivity index (χ0) is 14.1. The van der Waals surface area contributed by atoms with Crippen LogP contribution in [-0.2, 0) is 9.59 Å². The van der Waals surface area contributed by atoms with Crippen molar-refractivity contribution in [3.8, 4) is 0 Å². The van der Waals surface area contributed by atoms with E-state index in [1.165, 1.54) is 4.90 Å². The van der Waals surface area contributed by atoms with Crippen molar-refractivity contribution < 1.29 is 9.59 Å². The van der Waals surface area contributed by atoms with Gasteiger partial charge in [-0.05, 0) is 39.2 Å². The molecule has 3 N–H and O–H groups in total. The summed E-state index contributed by atoms with van der Waals surface area (Å²) in [6.07, 6.45) is 2.62. The Morgan fingerprint density at radius 3 is 2.44 bits per heavy atom. The van der Waals surface area contributed by atoms with Crippen molar-refractivity contribution in [2.75, 3.05) is 25.1 Å². The minimum atomic E-state index is -0.510. The summed E-state index contributed by atoms with van der Waals surface area (Å²) in [6.45, 7) is 6.21. The SMILES string of the molecule is CCN(CC(=O)NC(C)C)C(=O)[C@@H](N)CCSC. The Morgan fingerprint density at radius 1 is 1.39 bits per heavy atom. The molecule has 1 atom stereocenters. The molecule has 0 saturated carbocycles. The summed E-state index contributed by atoms with van der Waals surface area (Å²) in [7, 11) is 0. The topological polar surface area (TPSA) is 75.4 Å². The number of nitrogens with one attached hydrogen (secondary N) is 1. The van der Waals surface area contributed by atoms with Gasteiger partial charge in [0.25, 0.3) is 0 Å². The molecule has 0 saturated heterocycles. The summed E-state index contributed by atoms with van der Waals surface area (Å²) >= 11 is 1.66. The maximum Gasteiger partial charge on any atom is 0.239 e. The van der Waals surface area contributed by atoms with E-state index in [0.717, 1.165) is 5.75 Å². The first kappa shape index (κ1) is 17.2. The maximum atomic E-state index is 12.0. The number of hydrogen-bond acceptors (Lipinski definition) is 4. The minimum Gasteiger partial charge on any atom is -0.352 e. The number of amides is 2. The van der Waals surface area contributed by atoms with Crippen LogP contribution in [0.3, 0.4) is 0 Å². The fourth-order valence-corrected chi connectivity index (χ4v) is 1.98. The van der Waals surface area contributed by atoms with E-state index in [1.807, 2.05) is 27.0 Å². The van der Waals surface area contributed by atoms with Gasteiger partial charge < -0.3 is 16.0 Å². The Morgan fingerprint density at radius 2 is 2.00 bits per heavy atom. The highest BCUT2D eigenvalue weighted by Crippen LogP contribution is 2.02. The van der Waals surface area contributed by atoms with Crippen LogP contribution in [0.5, 0.6) is 0 Å². The van der Waals surface area contributed by atoms with E-state index >= 15 is 0 Å². The lowest BCUT2D eigenvalue weighted by Crippen LogP contribution is -2.48. The molecule has 106 valence electrons. The molecule has 0 aromatic carbocycles. The van der Waals surface area contributed by atoms with Gasteiger partial charge in [0.1, 0.15) is 0 Å². The molecule has 0 aromatic heterocycles. The Bertz CT molecular complexity index is 272. The second-order valence-electron chi connectivity index (χ2n) is 4.46. The first-order chi connectivity index (χ1) is 8.42. The van der Waals surface area contributed by atoms with Crippen molar-refractivity contribution in [2.45, 2.75) is 39.3 Å². The largest absolute Gasteiger partial charge is 0.352 e. The highest BCUT2D eigenvalue weighted by atomic mass is 32.2. The van der Waals surface area contributed by atoms with Crippen LogP contribution < -0.4 is 11.1 Å². The number of nitrogens with zero attached hydrogens (tertiary/aromatic N) is 1. The van der Waals surface area contributed by atoms with Gasteiger partial charge >= 0.3 is 0 Å². The highest BCUT2D eigenvalue weighted by Gasteiger charge is 2.21. The molecule has 0 rings (SSSR count). The average molecular weight is 275 g/mol. The Balaban J connectivity index is 4.30. The van der Waals surface area contributed by atoms with Crippen LogP contribution in [0, 0.1) is 0 Å². The number of hydrogen-bond donors (Lipinski definition) is 2. The molecular formula is C12H25N3O2S. The van der Waals surface area contributed by atoms with Crippen LogP contribution in [0.25, 0.3) is 0 Å². The zero-order valence-electron chi connectivity index (χ0n) is 11.7. The molecule has 2 amide bonds. The Hall–Kier alpha value is -0.750. The first-order valence-electron chi connectivity index (χ1n) is 6.25. The van der Waals surface area contributed by atoms with E-state index in [9.17, 15) is 9.59 Å². The standard InChI is InChI=1S/C12H25N3O2S/c1-5-15(8-11(16)14-9(2)3)12(17)10(13)6-7-18-4/h9-10H,5-8,13H2,1-4H3,(H,14,16)/t10-/m0/s1. The molecule has 0 unspecified atom stereocenters. The third kappa shape index (κ3) is 6.86. The summed E-state index contributed by atoms with van der Waals surface area (Å²) in [5.74, 6) is 0.561. The van der Waals surface area contributed by atoms with E-state index in [0.29, 0.717) is 13.0 Å². The van der Waals surface area contributed by atoms with Crippen molar-refractivity contribution in [2.24, 2.45) is 5.73 Å². The van der Waals surface area contributed by atoms with Gasteiger partial charge in [-0.15, -0.1) is 0 Å². The van der Waals surface area contributed by atoms with Gasteiger partial charge in [0, 0.05) is 12.6 Å². The smallest absolute Gasteiger partial charge is 0.239 e. The third-order valence-electron chi connectivity index (χ3n) is 2.43. The number of carbonyl (C=O) groups is 2. The molecular weight excluding hydrogens is 250 g/mol. The second-order valence-corrected chi connectivity index (χ2v) is 5.45. The zero-order valence-corrected chi connectivity index (χ0v) is 12.5. The van der Waals surface area contributed by atoms with Crippen LogP contribution in [0.4, 0.5) is 0 Å². The summed E-state index contributed by atoms with van der Waals surface area (Å²) in [6, 6.07) is -0.430. The molecule has 0 bridgehead atoms. The van der Waals surface area contributed by atoms with Gasteiger partial charge in [0.05, 0.1) is 12.6 Å². The molecule has 0 fully saturated rings. The highest BCUT2D eigenvalue weighted by molar-refractivity contribution is 7.98. The van der Waals surface area contributed by atoms with Gasteiger partial charge in [-0.1, -0.05) is 0 Å². The van der Waals surface area contributed by atoms with Crippen molar-refractivity contribution >= 4 is 23.6 Å². The van der Waals surface area contributed by atoms with E-state index in [-0.39, 0.29) is 24.4 Å². The van der Waals surface area contributed by atoms with Gasteiger partial charge in [-0.3, -0.25) is 9.59 Å². The van der Waals surface area contributed by atoms with Crippen LogP contribution >= 0.6 is 11.8 Å². The lowest BCUT2D eigenvalue weighted by Gasteiger charge is -2.24. The van der Waals surface area contributed by atoms with E-state index in [1.54, 1.807) is 11.8 Å². The molecule has 0 aliphatic heterocycles. The minimum absolute atomic E-state index is 0.0801. The van der Waals surface area contributed by atoms with E-state index in [2.05, 4.69) is 5.32 Å². The fourth-order valence-electron chi connectivity index (χ4n) is 1.49. The van der Waals surface area contributed by atoms with Crippen molar-refractivity contribution in [3.05, 3.63) is 0 Å². The first-order valence-corrected chi connectivity index (χ1v) is 7.64. The monoisotopic (exact) mass is 275 g/mol. The molecule has 0 spiro atoms. The molecule has 0 aromatic rings. The molecule has 18 heavy (non-hydrogen) atoms. The summed E-state index contributed by atoms with van der Waals surface area (Å²) in [4.78, 5) is 25.1.